The SMILES string of the molecule is O=C(O)C=C(CC(=O)O)C(=O)O.O=C(O)CC(O)(CC(=O)O)C(=O)O. The van der Waals surface area contributed by atoms with Gasteiger partial charge in [-0.1, -0.05) is 0 Å². The number of hydrogen-bond donors (Lipinski definition) is 7. The van der Waals surface area contributed by atoms with E-state index in [2.05, 4.69) is 0 Å². The molecule has 7 N–H and O–H groups in total. The van der Waals surface area contributed by atoms with Gasteiger partial charge in [-0.05, 0) is 0 Å². The quantitative estimate of drug-likeness (QED) is 0.225. The van der Waals surface area contributed by atoms with Crippen molar-refractivity contribution in [1.82, 2.24) is 0 Å². The Bertz CT molecular complexity index is 584. The highest BCUT2D eigenvalue weighted by Gasteiger charge is 2.40. The van der Waals surface area contributed by atoms with E-state index in [4.69, 9.17) is 35.7 Å². The molecular weight excluding hydrogens is 352 g/mol. The number of carboxylic acid groups (broad SMARTS) is 6. The second-order valence-corrected chi connectivity index (χ2v) is 4.36. The molecule has 25 heavy (non-hydrogen) atoms. The van der Waals surface area contributed by atoms with Gasteiger partial charge in [-0.3, -0.25) is 14.4 Å². The van der Waals surface area contributed by atoms with Gasteiger partial charge >= 0.3 is 35.8 Å². The number of carbonyl (C=O) groups is 6. The normalized spacial score (nSPS) is 10.8. The predicted octanol–water partition coefficient (Wildman–Crippen LogP) is -1.69. The maximum absolute atomic E-state index is 10.3. The van der Waals surface area contributed by atoms with E-state index in [9.17, 15) is 28.8 Å². The fraction of sp³-hybridized carbons (Fsp3) is 0.333. The first-order valence-electron chi connectivity index (χ1n) is 5.99. The largest absolute Gasteiger partial charge is 0.481 e. The third kappa shape index (κ3) is 11.7. The Balaban J connectivity index is 0. The molecule has 0 fully saturated rings. The summed E-state index contributed by atoms with van der Waals surface area (Å²) in [5.74, 6) is -9.42. The molecule has 13 heteroatoms. The first-order valence-corrected chi connectivity index (χ1v) is 5.99. The topological polar surface area (TPSA) is 244 Å². The Morgan fingerprint density at radius 1 is 0.720 bits per heavy atom. The van der Waals surface area contributed by atoms with Gasteiger partial charge in [0.05, 0.1) is 24.8 Å². The van der Waals surface area contributed by atoms with E-state index < -0.39 is 66.3 Å². The van der Waals surface area contributed by atoms with Gasteiger partial charge < -0.3 is 35.7 Å². The van der Waals surface area contributed by atoms with Crippen LogP contribution in [0.3, 0.4) is 0 Å². The molecule has 0 atom stereocenters. The Kier molecular flexibility index (Phi) is 9.82. The van der Waals surface area contributed by atoms with Crippen LogP contribution >= 0.6 is 0 Å². The van der Waals surface area contributed by atoms with Gasteiger partial charge in [-0.15, -0.1) is 0 Å². The lowest BCUT2D eigenvalue weighted by Gasteiger charge is -2.18. The maximum Gasteiger partial charge on any atom is 0.336 e. The fourth-order valence-corrected chi connectivity index (χ4v) is 1.21. The minimum Gasteiger partial charge on any atom is -0.481 e. The standard InChI is InChI=1S/C6H8O7.C6H6O6/c7-3(8)1-6(13,5(11)12)2-4(9)10;7-4(8)1-3(6(11)12)2-5(9)10/h13H,1-2H2,(H,7,8)(H,9,10)(H,11,12);1H,2H2,(H,7,8)(H,9,10)(H,11,12). The van der Waals surface area contributed by atoms with Crippen molar-refractivity contribution in [2.24, 2.45) is 0 Å². The smallest absolute Gasteiger partial charge is 0.336 e. The van der Waals surface area contributed by atoms with Gasteiger partial charge in [0.2, 0.25) is 0 Å². The summed E-state index contributed by atoms with van der Waals surface area (Å²) in [6, 6.07) is 0. The number of aliphatic hydroxyl groups is 1. The predicted molar refractivity (Wildman–Crippen MR) is 72.7 cm³/mol. The zero-order chi connectivity index (χ0) is 20.4. The van der Waals surface area contributed by atoms with E-state index in [-0.39, 0.29) is 0 Å². The molecule has 0 bridgehead atoms. The first-order chi connectivity index (χ1) is 11.2. The minimum atomic E-state index is -2.74. The van der Waals surface area contributed by atoms with Crippen LogP contribution in [-0.4, -0.2) is 77.2 Å². The van der Waals surface area contributed by atoms with Gasteiger partial charge in [0.15, 0.2) is 5.60 Å². The summed E-state index contributed by atoms with van der Waals surface area (Å²) >= 11 is 0. The summed E-state index contributed by atoms with van der Waals surface area (Å²) in [5, 5.41) is 58.3. The van der Waals surface area contributed by atoms with Crippen LogP contribution in [0.2, 0.25) is 0 Å². The van der Waals surface area contributed by atoms with Crippen molar-refractivity contribution in [2.75, 3.05) is 0 Å². The van der Waals surface area contributed by atoms with Crippen LogP contribution in [0.4, 0.5) is 0 Å². The minimum absolute atomic E-state index is 0.358. The Morgan fingerprint density at radius 2 is 1.12 bits per heavy atom. The van der Waals surface area contributed by atoms with Crippen molar-refractivity contribution < 1.29 is 64.5 Å². The van der Waals surface area contributed by atoms with Gasteiger partial charge in [-0.25, -0.2) is 14.4 Å². The van der Waals surface area contributed by atoms with Crippen LogP contribution in [0, 0.1) is 0 Å². The number of rotatable bonds is 9. The molecule has 0 spiro atoms. The summed E-state index contributed by atoms with van der Waals surface area (Å²) in [4.78, 5) is 60.6. The molecule has 0 amide bonds. The average Bonchev–Trinajstić information content (AvgIpc) is 2.35. The zero-order valence-electron chi connectivity index (χ0n) is 12.3. The Labute approximate surface area is 138 Å². The van der Waals surface area contributed by atoms with Crippen molar-refractivity contribution in [3.63, 3.8) is 0 Å². The van der Waals surface area contributed by atoms with Crippen LogP contribution in [0.5, 0.6) is 0 Å². The third-order valence-corrected chi connectivity index (χ3v) is 2.20. The molecule has 0 radical (unpaired) electrons. The molecular formula is C12H14O13. The molecule has 0 aromatic heterocycles. The Hall–Kier alpha value is -3.48. The molecule has 0 aliphatic carbocycles. The molecule has 0 unspecified atom stereocenters. The highest BCUT2D eigenvalue weighted by atomic mass is 16.4. The van der Waals surface area contributed by atoms with Crippen molar-refractivity contribution in [3.8, 4) is 0 Å². The van der Waals surface area contributed by atoms with E-state index in [0.29, 0.717) is 6.08 Å². The van der Waals surface area contributed by atoms with Gasteiger partial charge in [-0.2, -0.15) is 0 Å². The van der Waals surface area contributed by atoms with Gasteiger partial charge in [0, 0.05) is 6.08 Å². The van der Waals surface area contributed by atoms with Gasteiger partial charge in [0.1, 0.15) is 0 Å². The van der Waals surface area contributed by atoms with E-state index in [0.717, 1.165) is 0 Å². The van der Waals surface area contributed by atoms with E-state index in [1.54, 1.807) is 0 Å². The monoisotopic (exact) mass is 366 g/mol. The first kappa shape index (κ1) is 23.8. The molecule has 13 nitrogen and oxygen atoms in total. The molecule has 0 aliphatic rings. The van der Waals surface area contributed by atoms with Crippen molar-refractivity contribution in [3.05, 3.63) is 11.6 Å². The second-order valence-electron chi connectivity index (χ2n) is 4.36. The van der Waals surface area contributed by atoms with Crippen LogP contribution in [-0.2, 0) is 28.8 Å². The molecule has 0 rings (SSSR count). The lowest BCUT2D eigenvalue weighted by molar-refractivity contribution is -0.170. The van der Waals surface area contributed by atoms with Crippen molar-refractivity contribution >= 4 is 35.8 Å². The number of aliphatic carboxylic acids is 6. The van der Waals surface area contributed by atoms with Crippen LogP contribution < -0.4 is 0 Å². The van der Waals surface area contributed by atoms with Crippen molar-refractivity contribution in [2.45, 2.75) is 24.9 Å². The van der Waals surface area contributed by atoms with Crippen LogP contribution in [0.15, 0.2) is 11.6 Å². The van der Waals surface area contributed by atoms with Crippen LogP contribution in [0.1, 0.15) is 19.3 Å². The average molecular weight is 366 g/mol. The molecule has 0 saturated heterocycles. The molecule has 0 aromatic rings. The van der Waals surface area contributed by atoms with Crippen LogP contribution in [0.25, 0.3) is 0 Å². The summed E-state index contributed by atoms with van der Waals surface area (Å²) in [5.41, 5.74) is -3.40. The fourth-order valence-electron chi connectivity index (χ4n) is 1.21. The highest BCUT2D eigenvalue weighted by molar-refractivity contribution is 5.98. The second kappa shape index (κ2) is 10.3. The van der Waals surface area contributed by atoms with E-state index in [1.165, 1.54) is 0 Å². The van der Waals surface area contributed by atoms with E-state index >= 15 is 0 Å². The molecule has 0 aromatic carbocycles. The molecule has 0 heterocycles. The van der Waals surface area contributed by atoms with E-state index in [1.807, 2.05) is 0 Å². The van der Waals surface area contributed by atoms with Gasteiger partial charge in [0.25, 0.3) is 0 Å². The summed E-state index contributed by atoms with van der Waals surface area (Å²) in [6.07, 6.45) is -2.73. The molecule has 0 saturated carbocycles. The lowest BCUT2D eigenvalue weighted by atomic mass is 9.96. The summed E-state index contributed by atoms with van der Waals surface area (Å²) < 4.78 is 0. The third-order valence-electron chi connectivity index (χ3n) is 2.20. The summed E-state index contributed by atoms with van der Waals surface area (Å²) in [6.45, 7) is 0. The zero-order valence-corrected chi connectivity index (χ0v) is 12.3. The Morgan fingerprint density at radius 3 is 1.32 bits per heavy atom. The lowest BCUT2D eigenvalue weighted by Crippen LogP contribution is -2.42. The summed E-state index contributed by atoms with van der Waals surface area (Å²) in [7, 11) is 0. The number of hydrogen-bond acceptors (Lipinski definition) is 7. The molecule has 140 valence electrons. The maximum atomic E-state index is 10.3. The van der Waals surface area contributed by atoms with Crippen molar-refractivity contribution in [1.29, 1.82) is 0 Å². The molecule has 0 aliphatic heterocycles. The highest BCUT2D eigenvalue weighted by Crippen LogP contribution is 2.15. The number of carboxylic acids is 6.